The summed E-state index contributed by atoms with van der Waals surface area (Å²) in [6, 6.07) is 16.8. The van der Waals surface area contributed by atoms with E-state index in [1.165, 1.54) is 0 Å². The molecule has 0 aliphatic carbocycles. The third kappa shape index (κ3) is 9.86. The van der Waals surface area contributed by atoms with Crippen molar-refractivity contribution in [3.05, 3.63) is 108 Å². The number of amidine groups is 1. The smallest absolute Gasteiger partial charge is 0.246 e. The molecule has 0 aromatic heterocycles. The standard InChI is InChI=1S/C37H49N5O3/c1-8-16-35-39-22-30(23-40-35)33(21-28(9-2)24-43)31(10-3)37(38-7)45-27(6)41-26(5)36(44)42-34-20-15-14-19-32(34)25(4)29-17-12-11-13-18-29/h10-15,17-22,26,28,30,37-38,41,43H,4,6,8-9,16,23-24H2,1-3,5,7H3,(H,42,44)/b31-10?,33-21-. The van der Waals surface area contributed by atoms with E-state index in [4.69, 9.17) is 9.73 Å². The van der Waals surface area contributed by atoms with Gasteiger partial charge in [-0.25, -0.2) is 4.99 Å². The number of allylic oxidation sites excluding steroid dienone is 1. The first-order valence-corrected chi connectivity index (χ1v) is 15.8. The van der Waals surface area contributed by atoms with E-state index in [2.05, 4.69) is 54.0 Å². The highest BCUT2D eigenvalue weighted by Crippen LogP contribution is 2.29. The first-order valence-electron chi connectivity index (χ1n) is 15.8. The summed E-state index contributed by atoms with van der Waals surface area (Å²) < 4.78 is 6.26. The SMILES string of the molecule is C=C(NC(C)C(=O)Nc1ccccc1C(=C)c1ccccc1)OC(NC)C(=CC)/C(=C\C(CC)CO)C1C=NC(CCC)=NC1. The maximum atomic E-state index is 13.3. The molecule has 8 heteroatoms. The Morgan fingerprint density at radius 1 is 1.13 bits per heavy atom. The number of benzene rings is 2. The van der Waals surface area contributed by atoms with E-state index in [0.717, 1.165) is 52.9 Å². The van der Waals surface area contributed by atoms with E-state index in [9.17, 15) is 9.90 Å². The second kappa shape index (κ2) is 17.9. The maximum absolute atomic E-state index is 13.3. The van der Waals surface area contributed by atoms with E-state index in [0.29, 0.717) is 12.2 Å². The van der Waals surface area contributed by atoms with Crippen LogP contribution in [0.5, 0.6) is 0 Å². The van der Waals surface area contributed by atoms with Crippen LogP contribution in [0.15, 0.2) is 107 Å². The largest absolute Gasteiger partial charge is 0.457 e. The normalized spacial score (nSPS) is 17.1. The van der Waals surface area contributed by atoms with Crippen LogP contribution < -0.4 is 16.0 Å². The third-order valence-corrected chi connectivity index (χ3v) is 7.77. The van der Waals surface area contributed by atoms with Crippen molar-refractivity contribution in [2.45, 2.75) is 59.2 Å². The van der Waals surface area contributed by atoms with Gasteiger partial charge < -0.3 is 20.5 Å². The van der Waals surface area contributed by atoms with Gasteiger partial charge in [-0.05, 0) is 63.1 Å². The van der Waals surface area contributed by atoms with Crippen LogP contribution in [-0.4, -0.2) is 55.5 Å². The van der Waals surface area contributed by atoms with Crippen LogP contribution in [0, 0.1) is 11.8 Å². The molecule has 3 rings (SSSR count). The summed E-state index contributed by atoms with van der Waals surface area (Å²) in [5, 5.41) is 19.4. The van der Waals surface area contributed by atoms with Crippen LogP contribution in [0.2, 0.25) is 0 Å². The molecule has 4 atom stereocenters. The van der Waals surface area contributed by atoms with Gasteiger partial charge in [-0.15, -0.1) is 0 Å². The number of anilines is 1. The van der Waals surface area contributed by atoms with E-state index >= 15 is 0 Å². The van der Waals surface area contributed by atoms with E-state index in [-0.39, 0.29) is 30.2 Å². The van der Waals surface area contributed by atoms with Gasteiger partial charge >= 0.3 is 0 Å². The molecule has 4 N–H and O–H groups in total. The van der Waals surface area contributed by atoms with Crippen molar-refractivity contribution in [2.24, 2.45) is 21.8 Å². The lowest BCUT2D eigenvalue weighted by Gasteiger charge is -2.29. The molecule has 2 aromatic carbocycles. The summed E-state index contributed by atoms with van der Waals surface area (Å²) in [4.78, 5) is 22.6. The quantitative estimate of drug-likeness (QED) is 0.0930. The minimum absolute atomic E-state index is 0.0206. The number of aliphatic imine (C=N–C) groups is 2. The van der Waals surface area contributed by atoms with Crippen molar-refractivity contribution in [1.29, 1.82) is 0 Å². The van der Waals surface area contributed by atoms with E-state index in [1.54, 1.807) is 6.92 Å². The minimum atomic E-state index is -0.646. The first kappa shape index (κ1) is 35.2. The molecule has 1 heterocycles. The molecule has 8 nitrogen and oxygen atoms in total. The Bertz CT molecular complexity index is 1420. The lowest BCUT2D eigenvalue weighted by atomic mass is 9.87. The molecule has 0 fully saturated rings. The van der Waals surface area contributed by atoms with Gasteiger partial charge in [0, 0.05) is 47.9 Å². The summed E-state index contributed by atoms with van der Waals surface area (Å²) >= 11 is 0. The number of nitrogens with one attached hydrogen (secondary N) is 3. The summed E-state index contributed by atoms with van der Waals surface area (Å²) in [6.45, 7) is 16.8. The van der Waals surface area contributed by atoms with Gasteiger partial charge in [-0.2, -0.15) is 0 Å². The Labute approximate surface area is 268 Å². The molecule has 0 spiro atoms. The molecule has 4 unspecified atom stereocenters. The summed E-state index contributed by atoms with van der Waals surface area (Å²) in [5.74, 6) is 0.782. The predicted octanol–water partition coefficient (Wildman–Crippen LogP) is 6.49. The zero-order valence-electron chi connectivity index (χ0n) is 27.3. The molecular weight excluding hydrogens is 562 g/mol. The predicted molar refractivity (Wildman–Crippen MR) is 187 cm³/mol. The zero-order chi connectivity index (χ0) is 32.8. The Kier molecular flexibility index (Phi) is 14.0. The molecule has 1 amide bonds. The van der Waals surface area contributed by atoms with Gasteiger partial charge in [0.15, 0.2) is 12.1 Å². The minimum Gasteiger partial charge on any atom is -0.457 e. The highest BCUT2D eigenvalue weighted by Gasteiger charge is 2.27. The van der Waals surface area contributed by atoms with Gasteiger partial charge in [0.25, 0.3) is 0 Å². The van der Waals surface area contributed by atoms with Crippen molar-refractivity contribution >= 4 is 29.2 Å². The maximum Gasteiger partial charge on any atom is 0.246 e. The van der Waals surface area contributed by atoms with Crippen molar-refractivity contribution in [3.8, 4) is 0 Å². The molecule has 2 aromatic rings. The van der Waals surface area contributed by atoms with E-state index in [1.807, 2.05) is 80.9 Å². The Morgan fingerprint density at radius 2 is 1.84 bits per heavy atom. The van der Waals surface area contributed by atoms with Crippen LogP contribution in [0.1, 0.15) is 58.1 Å². The number of carbonyl (C=O) groups excluding carboxylic acids is 1. The Morgan fingerprint density at radius 3 is 2.44 bits per heavy atom. The van der Waals surface area contributed by atoms with Crippen LogP contribution in [0.4, 0.5) is 5.69 Å². The summed E-state index contributed by atoms with van der Waals surface area (Å²) in [6.07, 6.45) is 8.11. The van der Waals surface area contributed by atoms with E-state index < -0.39 is 12.3 Å². The molecule has 0 bridgehead atoms. The topological polar surface area (TPSA) is 107 Å². The van der Waals surface area contributed by atoms with Crippen molar-refractivity contribution in [2.75, 3.05) is 25.5 Å². The lowest BCUT2D eigenvalue weighted by Crippen LogP contribution is -2.41. The molecule has 240 valence electrons. The first-order chi connectivity index (χ1) is 21.8. The molecule has 0 saturated heterocycles. The average molecular weight is 612 g/mol. The molecule has 0 radical (unpaired) electrons. The number of amides is 1. The molecule has 1 aliphatic rings. The third-order valence-electron chi connectivity index (χ3n) is 7.77. The van der Waals surface area contributed by atoms with Gasteiger partial charge in [0.2, 0.25) is 5.91 Å². The van der Waals surface area contributed by atoms with Crippen molar-refractivity contribution < 1.29 is 14.6 Å². The highest BCUT2D eigenvalue weighted by atomic mass is 16.5. The number of ether oxygens (including phenoxy) is 1. The van der Waals surface area contributed by atoms with Gasteiger partial charge in [0.1, 0.15) is 11.9 Å². The molecule has 0 saturated carbocycles. The number of hydrogen-bond donors (Lipinski definition) is 4. The fourth-order valence-electron chi connectivity index (χ4n) is 5.12. The fraction of sp³-hybridized carbons (Fsp3) is 0.378. The molecular formula is C37H49N5O3. The molecule has 1 aliphatic heterocycles. The second-order valence-electron chi connectivity index (χ2n) is 11.1. The summed E-state index contributed by atoms with van der Waals surface area (Å²) in [5.41, 5.74) is 5.20. The number of nitrogens with zero attached hydrogens (tertiary/aromatic N) is 2. The Balaban J connectivity index is 1.72. The van der Waals surface area contributed by atoms with Crippen LogP contribution in [0.25, 0.3) is 5.57 Å². The summed E-state index contributed by atoms with van der Waals surface area (Å²) in [7, 11) is 1.81. The number of hydrogen-bond acceptors (Lipinski definition) is 7. The number of aliphatic hydroxyl groups excluding tert-OH is 1. The van der Waals surface area contributed by atoms with Gasteiger partial charge in [-0.1, -0.05) is 81.1 Å². The van der Waals surface area contributed by atoms with Crippen molar-refractivity contribution in [1.82, 2.24) is 10.6 Å². The van der Waals surface area contributed by atoms with Gasteiger partial charge in [0.05, 0.1) is 6.54 Å². The number of carbonyl (C=O) groups is 1. The number of aliphatic hydroxyl groups is 1. The fourth-order valence-corrected chi connectivity index (χ4v) is 5.12. The second-order valence-corrected chi connectivity index (χ2v) is 11.1. The highest BCUT2D eigenvalue weighted by molar-refractivity contribution is 5.98. The zero-order valence-corrected chi connectivity index (χ0v) is 27.3. The Hall–Kier alpha value is -4.27. The number of rotatable bonds is 17. The molecule has 45 heavy (non-hydrogen) atoms. The van der Waals surface area contributed by atoms with Crippen molar-refractivity contribution in [3.63, 3.8) is 0 Å². The van der Waals surface area contributed by atoms with Crippen LogP contribution in [-0.2, 0) is 9.53 Å². The monoisotopic (exact) mass is 611 g/mol. The van der Waals surface area contributed by atoms with Gasteiger partial charge in [-0.3, -0.25) is 15.1 Å². The number of likely N-dealkylation sites (N-methyl/N-ethyl adjacent to an activating group) is 1. The average Bonchev–Trinajstić information content (AvgIpc) is 3.06. The van der Waals surface area contributed by atoms with Crippen LogP contribution >= 0.6 is 0 Å². The lowest BCUT2D eigenvalue weighted by molar-refractivity contribution is -0.117. The van der Waals surface area contributed by atoms with Crippen LogP contribution in [0.3, 0.4) is 0 Å². The number of para-hydroxylation sites is 1.